The number of carboxylic acid groups (broad SMARTS) is 1. The van der Waals surface area contributed by atoms with E-state index in [1.54, 1.807) is 17.4 Å². The van der Waals surface area contributed by atoms with Gasteiger partial charge in [-0.25, -0.2) is 9.78 Å². The molecule has 0 bridgehead atoms. The fourth-order valence-corrected chi connectivity index (χ4v) is 2.48. The number of rotatable bonds is 4. The van der Waals surface area contributed by atoms with E-state index in [1.165, 1.54) is 10.9 Å². The van der Waals surface area contributed by atoms with Gasteiger partial charge in [0.15, 0.2) is 5.69 Å². The minimum absolute atomic E-state index is 0.0673. The summed E-state index contributed by atoms with van der Waals surface area (Å²) in [5.41, 5.74) is 0.0673. The van der Waals surface area contributed by atoms with E-state index in [1.807, 2.05) is 29.5 Å². The van der Waals surface area contributed by atoms with Gasteiger partial charge in [0, 0.05) is 11.9 Å². The van der Waals surface area contributed by atoms with Gasteiger partial charge < -0.3 is 10.0 Å². The van der Waals surface area contributed by atoms with Crippen LogP contribution in [-0.4, -0.2) is 23.1 Å². The van der Waals surface area contributed by atoms with Crippen molar-refractivity contribution in [2.24, 2.45) is 0 Å². The largest absolute Gasteiger partial charge is 0.477 e. The number of hydrogen-bond donors (Lipinski definition) is 1. The van der Waals surface area contributed by atoms with Gasteiger partial charge in [-0.1, -0.05) is 12.1 Å². The molecule has 0 saturated heterocycles. The van der Waals surface area contributed by atoms with Gasteiger partial charge >= 0.3 is 5.97 Å². The first-order valence-electron chi connectivity index (χ1n) is 5.56. The van der Waals surface area contributed by atoms with Gasteiger partial charge in [-0.05, 0) is 30.5 Å². The highest BCUT2D eigenvalue weighted by Gasteiger charge is 2.15. The van der Waals surface area contributed by atoms with Crippen molar-refractivity contribution < 1.29 is 9.90 Å². The molecule has 1 N–H and O–H groups in total. The van der Waals surface area contributed by atoms with Crippen LogP contribution in [-0.2, 0) is 0 Å². The molecule has 5 heteroatoms. The fraction of sp³-hybridized carbons (Fsp3) is 0.231. The molecule has 0 radical (unpaired) electrons. The number of hydrogen-bond acceptors (Lipinski definition) is 4. The monoisotopic (exact) mass is 262 g/mol. The Balaban J connectivity index is 2.25. The Labute approximate surface area is 110 Å². The number of carbonyl (C=O) groups is 1. The van der Waals surface area contributed by atoms with Crippen molar-refractivity contribution >= 4 is 23.1 Å². The Kier molecular flexibility index (Phi) is 3.62. The van der Waals surface area contributed by atoms with Gasteiger partial charge in [-0.15, -0.1) is 11.3 Å². The zero-order chi connectivity index (χ0) is 13.1. The van der Waals surface area contributed by atoms with Crippen molar-refractivity contribution in [3.05, 3.63) is 46.3 Å². The van der Waals surface area contributed by atoms with Crippen LogP contribution in [0.5, 0.6) is 0 Å². The average Bonchev–Trinajstić information content (AvgIpc) is 2.91. The molecule has 0 aliphatic heterocycles. The van der Waals surface area contributed by atoms with Crippen LogP contribution in [0.25, 0.3) is 0 Å². The lowest BCUT2D eigenvalue weighted by atomic mass is 10.2. The zero-order valence-corrected chi connectivity index (χ0v) is 11.0. The number of thiophene rings is 1. The Bertz CT molecular complexity index is 540. The summed E-state index contributed by atoms with van der Waals surface area (Å²) in [6.45, 7) is 2.07. The van der Waals surface area contributed by atoms with E-state index in [4.69, 9.17) is 5.11 Å². The van der Waals surface area contributed by atoms with Crippen LogP contribution < -0.4 is 4.90 Å². The van der Waals surface area contributed by atoms with E-state index in [0.717, 1.165) is 0 Å². The molecule has 94 valence electrons. The SMILES string of the molecule is CC(c1cccs1)N(C)c1cccc(C(=O)O)n1. The lowest BCUT2D eigenvalue weighted by Crippen LogP contribution is -2.22. The molecule has 0 spiro atoms. The molecule has 2 heterocycles. The molecular weight excluding hydrogens is 248 g/mol. The number of aromatic nitrogens is 1. The minimum Gasteiger partial charge on any atom is -0.477 e. The molecule has 0 aliphatic rings. The van der Waals surface area contributed by atoms with E-state index >= 15 is 0 Å². The number of carboxylic acids is 1. The lowest BCUT2D eigenvalue weighted by Gasteiger charge is -2.25. The second-order valence-corrected chi connectivity index (χ2v) is 4.97. The third-order valence-electron chi connectivity index (χ3n) is 2.85. The van der Waals surface area contributed by atoms with E-state index in [2.05, 4.69) is 18.0 Å². The number of pyridine rings is 1. The van der Waals surface area contributed by atoms with Gasteiger partial charge in [-0.2, -0.15) is 0 Å². The first kappa shape index (κ1) is 12.6. The maximum atomic E-state index is 10.9. The standard InChI is InChI=1S/C13H14N2O2S/c1-9(11-6-4-8-18-11)15(2)12-7-3-5-10(14-12)13(16)17/h3-9H,1-2H3,(H,16,17). The molecule has 4 nitrogen and oxygen atoms in total. The summed E-state index contributed by atoms with van der Waals surface area (Å²) in [5, 5.41) is 11.0. The molecule has 2 rings (SSSR count). The third kappa shape index (κ3) is 2.51. The average molecular weight is 262 g/mol. The Morgan fingerprint density at radius 3 is 2.78 bits per heavy atom. The maximum Gasteiger partial charge on any atom is 0.354 e. The van der Waals surface area contributed by atoms with Crippen LogP contribution in [0.15, 0.2) is 35.7 Å². The van der Waals surface area contributed by atoms with Crippen molar-refractivity contribution in [1.29, 1.82) is 0 Å². The second kappa shape index (κ2) is 5.18. The highest BCUT2D eigenvalue weighted by molar-refractivity contribution is 7.10. The number of nitrogens with zero attached hydrogens (tertiary/aromatic N) is 2. The van der Waals surface area contributed by atoms with Gasteiger partial charge in [-0.3, -0.25) is 0 Å². The Hall–Kier alpha value is -1.88. The van der Waals surface area contributed by atoms with Crippen molar-refractivity contribution in [3.63, 3.8) is 0 Å². The predicted octanol–water partition coefficient (Wildman–Crippen LogP) is 3.04. The van der Waals surface area contributed by atoms with Crippen LogP contribution in [0.2, 0.25) is 0 Å². The molecule has 2 aromatic heterocycles. The van der Waals surface area contributed by atoms with Gasteiger partial charge in [0.25, 0.3) is 0 Å². The summed E-state index contributed by atoms with van der Waals surface area (Å²) in [7, 11) is 1.92. The minimum atomic E-state index is -1.01. The molecule has 18 heavy (non-hydrogen) atoms. The third-order valence-corrected chi connectivity index (χ3v) is 3.89. The Morgan fingerprint density at radius 2 is 2.17 bits per heavy atom. The first-order valence-corrected chi connectivity index (χ1v) is 6.44. The normalized spacial score (nSPS) is 12.1. The summed E-state index contributed by atoms with van der Waals surface area (Å²) in [6.07, 6.45) is 0. The maximum absolute atomic E-state index is 10.9. The van der Waals surface area contributed by atoms with Crippen LogP contribution in [0.1, 0.15) is 28.3 Å². The van der Waals surface area contributed by atoms with Crippen LogP contribution >= 0.6 is 11.3 Å². The Morgan fingerprint density at radius 1 is 1.39 bits per heavy atom. The fourth-order valence-electron chi connectivity index (χ4n) is 1.66. The summed E-state index contributed by atoms with van der Waals surface area (Å²) in [6, 6.07) is 9.26. The smallest absolute Gasteiger partial charge is 0.354 e. The van der Waals surface area contributed by atoms with Crippen LogP contribution in [0.3, 0.4) is 0 Å². The number of anilines is 1. The van der Waals surface area contributed by atoms with Crippen molar-refractivity contribution in [3.8, 4) is 0 Å². The van der Waals surface area contributed by atoms with E-state index in [9.17, 15) is 4.79 Å². The molecular formula is C13H14N2O2S. The van der Waals surface area contributed by atoms with Crippen molar-refractivity contribution in [2.75, 3.05) is 11.9 Å². The molecule has 0 aromatic carbocycles. The molecule has 0 aliphatic carbocycles. The van der Waals surface area contributed by atoms with Crippen molar-refractivity contribution in [1.82, 2.24) is 4.98 Å². The van der Waals surface area contributed by atoms with Gasteiger partial charge in [0.05, 0.1) is 6.04 Å². The quantitative estimate of drug-likeness (QED) is 0.920. The molecule has 2 aromatic rings. The van der Waals surface area contributed by atoms with Crippen LogP contribution in [0.4, 0.5) is 5.82 Å². The lowest BCUT2D eigenvalue weighted by molar-refractivity contribution is 0.0690. The first-order chi connectivity index (χ1) is 8.59. The molecule has 0 fully saturated rings. The number of aromatic carboxylic acids is 1. The topological polar surface area (TPSA) is 53.4 Å². The summed E-state index contributed by atoms with van der Waals surface area (Å²) in [5.74, 6) is -0.343. The van der Waals surface area contributed by atoms with Gasteiger partial charge in [0.2, 0.25) is 0 Å². The van der Waals surface area contributed by atoms with E-state index in [0.29, 0.717) is 5.82 Å². The van der Waals surface area contributed by atoms with Gasteiger partial charge in [0.1, 0.15) is 5.82 Å². The highest BCUT2D eigenvalue weighted by atomic mass is 32.1. The molecule has 1 atom stereocenters. The summed E-state index contributed by atoms with van der Waals surface area (Å²) >= 11 is 1.68. The van der Waals surface area contributed by atoms with Crippen LogP contribution in [0, 0.1) is 0 Å². The molecule has 0 saturated carbocycles. The second-order valence-electron chi connectivity index (χ2n) is 3.99. The zero-order valence-electron chi connectivity index (χ0n) is 10.2. The molecule has 0 amide bonds. The van der Waals surface area contributed by atoms with E-state index < -0.39 is 5.97 Å². The molecule has 1 unspecified atom stereocenters. The van der Waals surface area contributed by atoms with E-state index in [-0.39, 0.29) is 11.7 Å². The predicted molar refractivity (Wildman–Crippen MR) is 72.3 cm³/mol. The summed E-state index contributed by atoms with van der Waals surface area (Å²) in [4.78, 5) is 18.2. The summed E-state index contributed by atoms with van der Waals surface area (Å²) < 4.78 is 0. The van der Waals surface area contributed by atoms with Crippen molar-refractivity contribution in [2.45, 2.75) is 13.0 Å². The highest BCUT2D eigenvalue weighted by Crippen LogP contribution is 2.26.